The van der Waals surface area contributed by atoms with Crippen molar-refractivity contribution in [1.82, 2.24) is 9.97 Å². The van der Waals surface area contributed by atoms with E-state index in [0.717, 1.165) is 5.56 Å². The number of fused-ring (bicyclic) bond motifs is 1. The third kappa shape index (κ3) is 1.71. The first-order valence-corrected chi connectivity index (χ1v) is 5.17. The Morgan fingerprint density at radius 2 is 2.00 bits per heavy atom. The van der Waals surface area contributed by atoms with Crippen molar-refractivity contribution in [2.24, 2.45) is 0 Å². The Bertz CT molecular complexity index is 557. The summed E-state index contributed by atoms with van der Waals surface area (Å²) in [5, 5.41) is 2.71. The highest BCUT2D eigenvalue weighted by Gasteiger charge is 2.29. The van der Waals surface area contributed by atoms with Gasteiger partial charge in [0.05, 0.1) is 0 Å². The molecule has 0 saturated carbocycles. The van der Waals surface area contributed by atoms with E-state index in [1.165, 1.54) is 0 Å². The first kappa shape index (κ1) is 9.77. The average Bonchev–Trinajstić information content (AvgIpc) is 2.39. The molecule has 2 aromatic rings. The van der Waals surface area contributed by atoms with Crippen molar-refractivity contribution in [2.75, 3.05) is 5.32 Å². The van der Waals surface area contributed by atoms with Gasteiger partial charge in [-0.05, 0) is 24.3 Å². The molecule has 0 bridgehead atoms. The fourth-order valence-electron chi connectivity index (χ4n) is 1.70. The molecule has 3 rings (SSSR count). The largest absolute Gasteiger partial charge is 0.472 e. The quantitative estimate of drug-likeness (QED) is 0.802. The monoisotopic (exact) mass is 227 g/mol. The molecule has 0 fully saturated rings. The minimum absolute atomic E-state index is 0.220. The van der Waals surface area contributed by atoms with Crippen LogP contribution in [0, 0.1) is 0 Å². The van der Waals surface area contributed by atoms with Crippen LogP contribution in [0.25, 0.3) is 0 Å². The van der Waals surface area contributed by atoms with Crippen LogP contribution >= 0.6 is 0 Å². The third-order valence-corrected chi connectivity index (χ3v) is 2.50. The molecule has 5 heteroatoms. The molecule has 0 aromatic carbocycles. The summed E-state index contributed by atoms with van der Waals surface area (Å²) in [6.07, 6.45) is 4.22. The van der Waals surface area contributed by atoms with E-state index in [2.05, 4.69) is 15.3 Å². The van der Waals surface area contributed by atoms with E-state index in [0.29, 0.717) is 11.6 Å². The first-order valence-electron chi connectivity index (χ1n) is 5.17. The van der Waals surface area contributed by atoms with E-state index in [-0.39, 0.29) is 5.91 Å². The molecule has 0 aliphatic carbocycles. The van der Waals surface area contributed by atoms with Gasteiger partial charge in [-0.25, -0.2) is 4.98 Å². The highest BCUT2D eigenvalue weighted by atomic mass is 16.5. The molecule has 0 radical (unpaired) electrons. The molecule has 1 N–H and O–H groups in total. The van der Waals surface area contributed by atoms with Crippen molar-refractivity contribution in [1.29, 1.82) is 0 Å². The van der Waals surface area contributed by atoms with E-state index in [1.807, 2.05) is 0 Å². The Morgan fingerprint density at radius 3 is 2.82 bits per heavy atom. The first-order chi connectivity index (χ1) is 8.34. The molecule has 1 unspecified atom stereocenters. The topological polar surface area (TPSA) is 64.1 Å². The van der Waals surface area contributed by atoms with Gasteiger partial charge in [0.1, 0.15) is 0 Å². The lowest BCUT2D eigenvalue weighted by Crippen LogP contribution is -2.30. The third-order valence-electron chi connectivity index (χ3n) is 2.50. The van der Waals surface area contributed by atoms with E-state index < -0.39 is 6.10 Å². The Hall–Kier alpha value is -2.43. The van der Waals surface area contributed by atoms with E-state index in [9.17, 15) is 4.79 Å². The van der Waals surface area contributed by atoms with Crippen LogP contribution in [0.2, 0.25) is 0 Å². The van der Waals surface area contributed by atoms with Crippen molar-refractivity contribution in [2.45, 2.75) is 6.10 Å². The van der Waals surface area contributed by atoms with E-state index in [4.69, 9.17) is 4.74 Å². The van der Waals surface area contributed by atoms with Gasteiger partial charge in [-0.15, -0.1) is 0 Å². The molecule has 0 saturated heterocycles. The van der Waals surface area contributed by atoms with Crippen LogP contribution in [0.1, 0.15) is 11.7 Å². The molecular formula is C12H9N3O2. The molecule has 0 spiro atoms. The van der Waals surface area contributed by atoms with Gasteiger partial charge in [-0.1, -0.05) is 0 Å². The van der Waals surface area contributed by atoms with E-state index in [1.54, 1.807) is 42.9 Å². The zero-order valence-corrected chi connectivity index (χ0v) is 8.83. The molecule has 3 heterocycles. The second-order valence-corrected chi connectivity index (χ2v) is 3.62. The molecule has 1 aliphatic rings. The number of carbonyl (C=O) groups excluding carboxylic acids is 1. The van der Waals surface area contributed by atoms with Crippen LogP contribution in [-0.4, -0.2) is 15.9 Å². The van der Waals surface area contributed by atoms with Gasteiger partial charge in [-0.2, -0.15) is 0 Å². The molecule has 17 heavy (non-hydrogen) atoms. The van der Waals surface area contributed by atoms with Crippen LogP contribution in [-0.2, 0) is 4.79 Å². The number of amides is 1. The number of hydrogen-bond donors (Lipinski definition) is 1. The second-order valence-electron chi connectivity index (χ2n) is 3.62. The zero-order chi connectivity index (χ0) is 11.7. The maximum absolute atomic E-state index is 11.9. The van der Waals surface area contributed by atoms with Gasteiger partial charge in [0.25, 0.3) is 5.91 Å². The number of carbonyl (C=O) groups is 1. The lowest BCUT2D eigenvalue weighted by molar-refractivity contribution is -0.123. The van der Waals surface area contributed by atoms with Gasteiger partial charge in [0, 0.05) is 24.2 Å². The Kier molecular flexibility index (Phi) is 2.22. The molecular weight excluding hydrogens is 218 g/mol. The summed E-state index contributed by atoms with van der Waals surface area (Å²) in [5.41, 5.74) is 0.770. The smallest absolute Gasteiger partial charge is 0.271 e. The summed E-state index contributed by atoms with van der Waals surface area (Å²) in [6.45, 7) is 0. The number of nitrogens with one attached hydrogen (secondary N) is 1. The van der Waals surface area contributed by atoms with Crippen LogP contribution in [0.5, 0.6) is 5.75 Å². The molecule has 1 aliphatic heterocycles. The fourth-order valence-corrected chi connectivity index (χ4v) is 1.70. The van der Waals surface area contributed by atoms with Crippen LogP contribution in [0.15, 0.2) is 42.9 Å². The molecule has 1 amide bonds. The predicted molar refractivity (Wildman–Crippen MR) is 60.5 cm³/mol. The number of aromatic nitrogens is 2. The second kappa shape index (κ2) is 3.86. The number of rotatable bonds is 1. The van der Waals surface area contributed by atoms with Crippen LogP contribution < -0.4 is 10.1 Å². The van der Waals surface area contributed by atoms with Gasteiger partial charge in [-0.3, -0.25) is 9.78 Å². The minimum Gasteiger partial charge on any atom is -0.472 e. The summed E-state index contributed by atoms with van der Waals surface area (Å²) in [6, 6.07) is 7.05. The zero-order valence-electron chi connectivity index (χ0n) is 8.83. The average molecular weight is 227 g/mol. The van der Waals surface area contributed by atoms with Gasteiger partial charge < -0.3 is 10.1 Å². The molecule has 84 valence electrons. The molecule has 5 nitrogen and oxygen atoms in total. The Balaban J connectivity index is 1.98. The minimum atomic E-state index is -0.644. The predicted octanol–water partition coefficient (Wildman–Crippen LogP) is 1.55. The van der Waals surface area contributed by atoms with Crippen molar-refractivity contribution in [3.8, 4) is 5.75 Å². The Labute approximate surface area is 97.5 Å². The lowest BCUT2D eigenvalue weighted by Gasteiger charge is -2.24. The fraction of sp³-hybridized carbons (Fsp3) is 0.0833. The van der Waals surface area contributed by atoms with Crippen LogP contribution in [0.4, 0.5) is 5.82 Å². The number of nitrogens with zero attached hydrogens (tertiary/aromatic N) is 2. The highest BCUT2D eigenvalue weighted by molar-refractivity contribution is 5.97. The summed E-state index contributed by atoms with van der Waals surface area (Å²) < 4.78 is 5.63. The van der Waals surface area contributed by atoms with Crippen molar-refractivity contribution >= 4 is 11.7 Å². The summed E-state index contributed by atoms with van der Waals surface area (Å²) in [4.78, 5) is 19.8. The van der Waals surface area contributed by atoms with E-state index >= 15 is 0 Å². The van der Waals surface area contributed by atoms with Crippen LogP contribution in [0.3, 0.4) is 0 Å². The highest BCUT2D eigenvalue weighted by Crippen LogP contribution is 2.32. The number of anilines is 1. The number of pyridine rings is 2. The maximum atomic E-state index is 11.9. The summed E-state index contributed by atoms with van der Waals surface area (Å²) >= 11 is 0. The molecule has 2 aromatic heterocycles. The lowest BCUT2D eigenvalue weighted by atomic mass is 10.1. The normalized spacial score (nSPS) is 17.9. The number of hydrogen-bond acceptors (Lipinski definition) is 4. The maximum Gasteiger partial charge on any atom is 0.271 e. The molecule has 1 atom stereocenters. The van der Waals surface area contributed by atoms with Gasteiger partial charge in [0.15, 0.2) is 11.6 Å². The SMILES string of the molecule is O=C1Nc2ncccc2OC1c1ccncc1. The Morgan fingerprint density at radius 1 is 1.18 bits per heavy atom. The van der Waals surface area contributed by atoms with Gasteiger partial charge in [0.2, 0.25) is 6.10 Å². The summed E-state index contributed by atoms with van der Waals surface area (Å²) in [7, 11) is 0. The van der Waals surface area contributed by atoms with Crippen molar-refractivity contribution in [3.05, 3.63) is 48.4 Å². The number of ether oxygens (including phenoxy) is 1. The van der Waals surface area contributed by atoms with Crippen molar-refractivity contribution < 1.29 is 9.53 Å². The summed E-state index contributed by atoms with van der Waals surface area (Å²) in [5.74, 6) is 0.819. The van der Waals surface area contributed by atoms with Gasteiger partial charge >= 0.3 is 0 Å². The van der Waals surface area contributed by atoms with Crippen molar-refractivity contribution in [3.63, 3.8) is 0 Å². The standard InChI is InChI=1S/C12H9N3O2/c16-12-10(8-3-6-13-7-4-8)17-9-2-1-5-14-11(9)15-12/h1-7,10H,(H,14,15,16).